The second kappa shape index (κ2) is 7.93. The van der Waals surface area contributed by atoms with E-state index in [0.29, 0.717) is 37.1 Å². The maximum Gasteiger partial charge on any atom is 0.307 e. The van der Waals surface area contributed by atoms with E-state index in [-0.39, 0.29) is 5.97 Å². The maximum atomic E-state index is 11.7. The van der Waals surface area contributed by atoms with Gasteiger partial charge in [-0.2, -0.15) is 5.10 Å². The van der Waals surface area contributed by atoms with Crippen LogP contribution >= 0.6 is 12.2 Å². The van der Waals surface area contributed by atoms with E-state index in [0.717, 1.165) is 24.2 Å². The van der Waals surface area contributed by atoms with Gasteiger partial charge in [-0.05, 0) is 32.0 Å². The van der Waals surface area contributed by atoms with Crippen LogP contribution < -0.4 is 0 Å². The lowest BCUT2D eigenvalue weighted by Gasteiger charge is -2.21. The van der Waals surface area contributed by atoms with E-state index in [1.54, 1.807) is 0 Å². The lowest BCUT2D eigenvalue weighted by Crippen LogP contribution is -2.31. The van der Waals surface area contributed by atoms with Crippen LogP contribution in [-0.4, -0.2) is 44.4 Å². The number of hydrogen-bond donors (Lipinski definition) is 0. The Labute approximate surface area is 153 Å². The molecule has 1 aliphatic carbocycles. The van der Waals surface area contributed by atoms with Crippen LogP contribution in [0.25, 0.3) is 11.4 Å². The van der Waals surface area contributed by atoms with Crippen LogP contribution in [0.15, 0.2) is 30.3 Å². The molecule has 7 heteroatoms. The van der Waals surface area contributed by atoms with Gasteiger partial charge in [-0.1, -0.05) is 30.3 Å². The van der Waals surface area contributed by atoms with Crippen molar-refractivity contribution in [1.29, 1.82) is 0 Å². The smallest absolute Gasteiger partial charge is 0.307 e. The molecule has 25 heavy (non-hydrogen) atoms. The van der Waals surface area contributed by atoms with Crippen LogP contribution in [0, 0.1) is 4.77 Å². The molecule has 0 radical (unpaired) electrons. The minimum absolute atomic E-state index is 0.150. The minimum Gasteiger partial charge on any atom is -0.466 e. The van der Waals surface area contributed by atoms with Crippen LogP contribution in [-0.2, 0) is 23.2 Å². The molecule has 134 valence electrons. The maximum absolute atomic E-state index is 11.7. The summed E-state index contributed by atoms with van der Waals surface area (Å²) in [4.78, 5) is 13.9. The predicted octanol–water partition coefficient (Wildman–Crippen LogP) is 2.99. The van der Waals surface area contributed by atoms with Gasteiger partial charge in [0.25, 0.3) is 0 Å². The molecule has 1 heterocycles. The SMILES string of the molecule is CCOC(=O)CCN(Cn1nc(-c2ccccc2)n(C)c1=S)C1CC1. The van der Waals surface area contributed by atoms with Crippen LogP contribution in [0.3, 0.4) is 0 Å². The zero-order valence-corrected chi connectivity index (χ0v) is 15.5. The van der Waals surface area contributed by atoms with Crippen LogP contribution in [0.2, 0.25) is 0 Å². The number of ether oxygens (including phenoxy) is 1. The first-order chi connectivity index (χ1) is 12.1. The number of benzene rings is 1. The van der Waals surface area contributed by atoms with Crippen molar-refractivity contribution in [2.45, 2.75) is 38.9 Å². The molecule has 0 spiro atoms. The largest absolute Gasteiger partial charge is 0.466 e. The number of aromatic nitrogens is 3. The van der Waals surface area contributed by atoms with Gasteiger partial charge in [0, 0.05) is 25.2 Å². The van der Waals surface area contributed by atoms with Gasteiger partial charge in [0.2, 0.25) is 0 Å². The Morgan fingerprint density at radius 1 is 1.36 bits per heavy atom. The van der Waals surface area contributed by atoms with E-state index in [1.165, 1.54) is 0 Å². The molecule has 1 fully saturated rings. The van der Waals surface area contributed by atoms with Crippen molar-refractivity contribution < 1.29 is 9.53 Å². The molecule has 0 unspecified atom stereocenters. The Morgan fingerprint density at radius 2 is 2.08 bits per heavy atom. The molecule has 0 bridgehead atoms. The molecule has 1 aliphatic rings. The molecule has 3 rings (SSSR count). The van der Waals surface area contributed by atoms with E-state index >= 15 is 0 Å². The summed E-state index contributed by atoms with van der Waals surface area (Å²) in [6, 6.07) is 10.5. The summed E-state index contributed by atoms with van der Waals surface area (Å²) in [5.74, 6) is 0.703. The summed E-state index contributed by atoms with van der Waals surface area (Å²) in [6.45, 7) is 3.52. The normalized spacial score (nSPS) is 14.0. The average Bonchev–Trinajstić information content (AvgIpc) is 3.42. The standard InChI is InChI=1S/C18H24N4O2S/c1-3-24-16(23)11-12-21(15-9-10-15)13-22-18(25)20(2)17(19-22)14-7-5-4-6-8-14/h4-8,15H,3,9-13H2,1-2H3. The van der Waals surface area contributed by atoms with Crippen molar-refractivity contribution in [3.8, 4) is 11.4 Å². The highest BCUT2D eigenvalue weighted by molar-refractivity contribution is 7.71. The number of esters is 1. The Balaban J connectivity index is 1.74. The molecule has 0 saturated heterocycles. The van der Waals surface area contributed by atoms with Crippen molar-refractivity contribution in [3.63, 3.8) is 0 Å². The summed E-state index contributed by atoms with van der Waals surface area (Å²) in [6.07, 6.45) is 2.72. The molecule has 0 atom stereocenters. The van der Waals surface area contributed by atoms with E-state index in [4.69, 9.17) is 22.1 Å². The molecule has 2 aromatic rings. The summed E-state index contributed by atoms with van der Waals surface area (Å²) >= 11 is 5.56. The highest BCUT2D eigenvalue weighted by Crippen LogP contribution is 2.28. The molecular weight excluding hydrogens is 336 g/mol. The van der Waals surface area contributed by atoms with Crippen LogP contribution in [0.4, 0.5) is 0 Å². The van der Waals surface area contributed by atoms with Gasteiger partial charge >= 0.3 is 5.97 Å². The van der Waals surface area contributed by atoms with Gasteiger partial charge in [-0.3, -0.25) is 9.69 Å². The fourth-order valence-corrected chi connectivity index (χ4v) is 3.05. The Kier molecular flexibility index (Phi) is 5.65. The zero-order valence-electron chi connectivity index (χ0n) is 14.7. The van der Waals surface area contributed by atoms with E-state index in [2.05, 4.69) is 4.90 Å². The number of rotatable bonds is 8. The third-order valence-electron chi connectivity index (χ3n) is 4.36. The van der Waals surface area contributed by atoms with E-state index in [9.17, 15) is 4.79 Å². The predicted molar refractivity (Wildman–Crippen MR) is 98.4 cm³/mol. The average molecular weight is 360 g/mol. The van der Waals surface area contributed by atoms with E-state index < -0.39 is 0 Å². The van der Waals surface area contributed by atoms with Crippen molar-refractivity contribution >= 4 is 18.2 Å². The summed E-state index contributed by atoms with van der Waals surface area (Å²) in [7, 11) is 1.94. The Hall–Kier alpha value is -1.99. The first kappa shape index (κ1) is 17.8. The first-order valence-electron chi connectivity index (χ1n) is 8.69. The number of nitrogens with zero attached hydrogens (tertiary/aromatic N) is 4. The van der Waals surface area contributed by atoms with Crippen molar-refractivity contribution in [1.82, 2.24) is 19.2 Å². The third kappa shape index (κ3) is 4.35. The second-order valence-corrected chi connectivity index (χ2v) is 6.64. The zero-order chi connectivity index (χ0) is 17.8. The molecule has 1 saturated carbocycles. The minimum atomic E-state index is -0.150. The lowest BCUT2D eigenvalue weighted by molar-refractivity contribution is -0.143. The van der Waals surface area contributed by atoms with Gasteiger partial charge in [-0.15, -0.1) is 0 Å². The van der Waals surface area contributed by atoms with Gasteiger partial charge in [0.1, 0.15) is 0 Å². The highest BCUT2D eigenvalue weighted by atomic mass is 32.1. The molecule has 0 amide bonds. The third-order valence-corrected chi connectivity index (χ3v) is 4.84. The van der Waals surface area contributed by atoms with Gasteiger partial charge in [0.05, 0.1) is 19.7 Å². The summed E-state index contributed by atoms with van der Waals surface area (Å²) in [5.41, 5.74) is 1.04. The Bertz CT molecular complexity index is 780. The number of carbonyl (C=O) groups excluding carboxylic acids is 1. The molecule has 1 aromatic carbocycles. The van der Waals surface area contributed by atoms with Crippen LogP contribution in [0.1, 0.15) is 26.2 Å². The van der Waals surface area contributed by atoms with Crippen LogP contribution in [0.5, 0.6) is 0 Å². The monoisotopic (exact) mass is 360 g/mol. The van der Waals surface area contributed by atoms with Crippen molar-refractivity contribution in [2.75, 3.05) is 13.2 Å². The van der Waals surface area contributed by atoms with Gasteiger partial charge in [0.15, 0.2) is 10.6 Å². The first-order valence-corrected chi connectivity index (χ1v) is 9.10. The summed E-state index contributed by atoms with van der Waals surface area (Å²) in [5, 5.41) is 4.71. The molecule has 1 aromatic heterocycles. The summed E-state index contributed by atoms with van der Waals surface area (Å²) < 4.78 is 9.50. The van der Waals surface area contributed by atoms with Crippen molar-refractivity contribution in [3.05, 3.63) is 35.1 Å². The Morgan fingerprint density at radius 3 is 2.72 bits per heavy atom. The fraction of sp³-hybridized carbons (Fsp3) is 0.500. The topological polar surface area (TPSA) is 52.3 Å². The second-order valence-electron chi connectivity index (χ2n) is 6.27. The fourth-order valence-electron chi connectivity index (χ4n) is 2.87. The van der Waals surface area contributed by atoms with E-state index in [1.807, 2.05) is 53.6 Å². The molecular formula is C18H24N4O2S. The van der Waals surface area contributed by atoms with Gasteiger partial charge in [-0.25, -0.2) is 4.68 Å². The van der Waals surface area contributed by atoms with Crippen molar-refractivity contribution in [2.24, 2.45) is 7.05 Å². The molecule has 0 N–H and O–H groups in total. The highest BCUT2D eigenvalue weighted by Gasteiger charge is 2.30. The molecule has 6 nitrogen and oxygen atoms in total. The molecule has 0 aliphatic heterocycles. The quantitative estimate of drug-likeness (QED) is 0.535. The number of hydrogen-bond acceptors (Lipinski definition) is 5. The van der Waals surface area contributed by atoms with Gasteiger partial charge < -0.3 is 9.30 Å². The number of carbonyl (C=O) groups is 1. The lowest BCUT2D eigenvalue weighted by atomic mass is 10.2.